The van der Waals surface area contributed by atoms with Gasteiger partial charge in [0, 0.05) is 0 Å². The first-order valence-electron chi connectivity index (χ1n) is 5.85. The van der Waals surface area contributed by atoms with Crippen molar-refractivity contribution in [3.8, 4) is 5.75 Å². The van der Waals surface area contributed by atoms with Crippen LogP contribution in [0.15, 0.2) is 35.5 Å². The molecule has 0 unspecified atom stereocenters. The van der Waals surface area contributed by atoms with Crippen molar-refractivity contribution in [2.75, 3.05) is 17.5 Å². The maximum atomic E-state index is 12.6. The molecule has 6 nitrogen and oxygen atoms in total. The topological polar surface area (TPSA) is 75.3 Å². The van der Waals surface area contributed by atoms with E-state index < -0.39 is 10.0 Å². The maximum Gasteiger partial charge on any atom is 0.281 e. The molecule has 2 aromatic rings. The predicted octanol–water partition coefficient (Wildman–Crippen LogP) is 1.31. The number of para-hydroxylation sites is 2. The molecule has 3 rings (SSSR count). The second kappa shape index (κ2) is 4.27. The fraction of sp³-hybridized carbons (Fsp3) is 0.250. The molecule has 0 amide bonds. The number of hydrogen-bond acceptors (Lipinski definition) is 4. The molecule has 100 valence electrons. The van der Waals surface area contributed by atoms with E-state index in [2.05, 4.69) is 9.97 Å². The molecule has 7 heteroatoms. The van der Waals surface area contributed by atoms with E-state index in [0.717, 1.165) is 0 Å². The van der Waals surface area contributed by atoms with Crippen LogP contribution in [-0.2, 0) is 10.0 Å². The zero-order chi connectivity index (χ0) is 13.5. The molecule has 0 spiro atoms. The van der Waals surface area contributed by atoms with Crippen LogP contribution in [0, 0.1) is 6.92 Å². The van der Waals surface area contributed by atoms with Gasteiger partial charge >= 0.3 is 0 Å². The number of benzene rings is 1. The minimum Gasteiger partial charge on any atom is -0.489 e. The smallest absolute Gasteiger partial charge is 0.281 e. The molecule has 0 radical (unpaired) electrons. The van der Waals surface area contributed by atoms with Crippen molar-refractivity contribution < 1.29 is 13.2 Å². The highest BCUT2D eigenvalue weighted by Crippen LogP contribution is 2.34. The number of anilines is 1. The molecule has 1 aromatic heterocycles. The molecule has 0 atom stereocenters. The van der Waals surface area contributed by atoms with Crippen LogP contribution in [0.3, 0.4) is 0 Å². The lowest BCUT2D eigenvalue weighted by Crippen LogP contribution is -2.38. The number of ether oxygens (including phenoxy) is 1. The van der Waals surface area contributed by atoms with Crippen molar-refractivity contribution in [2.24, 2.45) is 0 Å². The summed E-state index contributed by atoms with van der Waals surface area (Å²) in [6.45, 7) is 2.34. The predicted molar refractivity (Wildman–Crippen MR) is 69.8 cm³/mol. The lowest BCUT2D eigenvalue weighted by Gasteiger charge is -2.29. The third-order valence-corrected chi connectivity index (χ3v) is 4.66. The maximum absolute atomic E-state index is 12.6. The monoisotopic (exact) mass is 279 g/mol. The first-order valence-corrected chi connectivity index (χ1v) is 7.29. The molecule has 2 heterocycles. The van der Waals surface area contributed by atoms with E-state index in [4.69, 9.17) is 4.74 Å². The van der Waals surface area contributed by atoms with Gasteiger partial charge < -0.3 is 9.72 Å². The first kappa shape index (κ1) is 12.0. The van der Waals surface area contributed by atoms with Gasteiger partial charge in [-0.1, -0.05) is 12.1 Å². The number of H-pyrrole nitrogens is 1. The van der Waals surface area contributed by atoms with Gasteiger partial charge in [0.05, 0.1) is 18.4 Å². The van der Waals surface area contributed by atoms with E-state index in [9.17, 15) is 8.42 Å². The molecule has 0 saturated heterocycles. The average Bonchev–Trinajstić information content (AvgIpc) is 2.85. The van der Waals surface area contributed by atoms with Gasteiger partial charge in [0.2, 0.25) is 0 Å². The van der Waals surface area contributed by atoms with Crippen LogP contribution in [0.5, 0.6) is 5.75 Å². The van der Waals surface area contributed by atoms with Crippen LogP contribution in [-0.4, -0.2) is 31.5 Å². The highest BCUT2D eigenvalue weighted by molar-refractivity contribution is 7.92. The average molecular weight is 279 g/mol. The second-order valence-corrected chi connectivity index (χ2v) is 6.06. The van der Waals surface area contributed by atoms with Crippen LogP contribution in [0.25, 0.3) is 0 Å². The number of fused-ring (bicyclic) bond motifs is 1. The Hall–Kier alpha value is -2.02. The Balaban J connectivity index is 2.08. The Labute approximate surface area is 111 Å². The molecule has 19 heavy (non-hydrogen) atoms. The summed E-state index contributed by atoms with van der Waals surface area (Å²) in [5.41, 5.74) is 0.556. The number of aryl methyl sites for hydroxylation is 1. The summed E-state index contributed by atoms with van der Waals surface area (Å²) < 4.78 is 31.9. The minimum absolute atomic E-state index is 0.0988. The zero-order valence-corrected chi connectivity index (χ0v) is 11.1. The summed E-state index contributed by atoms with van der Waals surface area (Å²) in [6.07, 6.45) is 1.34. The molecule has 0 bridgehead atoms. The van der Waals surface area contributed by atoms with Crippen LogP contribution >= 0.6 is 0 Å². The molecule has 0 saturated carbocycles. The van der Waals surface area contributed by atoms with Gasteiger partial charge in [-0.05, 0) is 19.1 Å². The molecule has 1 aliphatic heterocycles. The highest BCUT2D eigenvalue weighted by atomic mass is 32.2. The number of sulfonamides is 1. The standard InChI is InChI=1S/C12H13N3O3S/c1-9-13-8-12(14-9)19(16,17)15-6-7-18-11-5-3-2-4-10(11)15/h2-5,8H,6-7H2,1H3,(H,13,14). The largest absolute Gasteiger partial charge is 0.489 e. The van der Waals surface area contributed by atoms with Gasteiger partial charge in [0.1, 0.15) is 18.2 Å². The third-order valence-electron chi connectivity index (χ3n) is 2.93. The summed E-state index contributed by atoms with van der Waals surface area (Å²) in [7, 11) is -3.62. The Morgan fingerprint density at radius 3 is 2.89 bits per heavy atom. The summed E-state index contributed by atoms with van der Waals surface area (Å²) in [6, 6.07) is 7.09. The van der Waals surface area contributed by atoms with Crippen LogP contribution in [0.2, 0.25) is 0 Å². The van der Waals surface area contributed by atoms with Gasteiger partial charge in [-0.25, -0.2) is 4.98 Å². The zero-order valence-electron chi connectivity index (χ0n) is 10.3. The van der Waals surface area contributed by atoms with Crippen molar-refractivity contribution in [3.05, 3.63) is 36.3 Å². The lowest BCUT2D eigenvalue weighted by molar-refractivity contribution is 0.316. The summed E-state index contributed by atoms with van der Waals surface area (Å²) >= 11 is 0. The SMILES string of the molecule is Cc1ncc(S(=O)(=O)N2CCOc3ccccc32)[nH]1. The fourth-order valence-electron chi connectivity index (χ4n) is 2.04. The van der Waals surface area contributed by atoms with E-state index in [1.807, 2.05) is 6.07 Å². The molecular formula is C12H13N3O3S. The number of aromatic amines is 1. The lowest BCUT2D eigenvalue weighted by atomic mass is 10.2. The number of rotatable bonds is 2. The molecule has 1 aliphatic rings. The Bertz CT molecular complexity index is 709. The van der Waals surface area contributed by atoms with Gasteiger partial charge in [-0.15, -0.1) is 0 Å². The van der Waals surface area contributed by atoms with E-state index in [-0.39, 0.29) is 11.6 Å². The van der Waals surface area contributed by atoms with E-state index in [1.54, 1.807) is 25.1 Å². The van der Waals surface area contributed by atoms with E-state index in [0.29, 0.717) is 23.9 Å². The molecular weight excluding hydrogens is 266 g/mol. The van der Waals surface area contributed by atoms with Crippen LogP contribution in [0.1, 0.15) is 5.82 Å². The Kier molecular flexibility index (Phi) is 2.70. The summed E-state index contributed by atoms with van der Waals surface area (Å²) in [4.78, 5) is 6.70. The molecule has 0 fully saturated rings. The number of nitrogens with one attached hydrogen (secondary N) is 1. The van der Waals surface area contributed by atoms with Crippen molar-refractivity contribution in [2.45, 2.75) is 11.9 Å². The Morgan fingerprint density at radius 1 is 1.37 bits per heavy atom. The summed E-state index contributed by atoms with van der Waals surface area (Å²) in [5, 5.41) is 0.0988. The van der Waals surface area contributed by atoms with Gasteiger partial charge in [-0.3, -0.25) is 4.31 Å². The van der Waals surface area contributed by atoms with Gasteiger partial charge in [0.15, 0.2) is 5.03 Å². The fourth-order valence-corrected chi connectivity index (χ4v) is 3.47. The van der Waals surface area contributed by atoms with E-state index in [1.165, 1.54) is 10.5 Å². The van der Waals surface area contributed by atoms with Gasteiger partial charge in [-0.2, -0.15) is 8.42 Å². The first-order chi connectivity index (χ1) is 9.09. The van der Waals surface area contributed by atoms with Crippen LogP contribution < -0.4 is 9.04 Å². The van der Waals surface area contributed by atoms with Crippen molar-refractivity contribution in [1.82, 2.24) is 9.97 Å². The highest BCUT2D eigenvalue weighted by Gasteiger charge is 2.31. The number of nitrogens with zero attached hydrogens (tertiary/aromatic N) is 2. The Morgan fingerprint density at radius 2 is 2.16 bits per heavy atom. The van der Waals surface area contributed by atoms with E-state index >= 15 is 0 Å². The third kappa shape index (κ3) is 1.95. The number of aromatic nitrogens is 2. The molecule has 0 aliphatic carbocycles. The van der Waals surface area contributed by atoms with Crippen molar-refractivity contribution in [1.29, 1.82) is 0 Å². The minimum atomic E-state index is -3.62. The van der Waals surface area contributed by atoms with Crippen molar-refractivity contribution >= 4 is 15.7 Å². The molecule has 1 N–H and O–H groups in total. The number of imidazole rings is 1. The van der Waals surface area contributed by atoms with Crippen molar-refractivity contribution in [3.63, 3.8) is 0 Å². The second-order valence-electron chi connectivity index (χ2n) is 4.23. The summed E-state index contributed by atoms with van der Waals surface area (Å²) in [5.74, 6) is 1.15. The van der Waals surface area contributed by atoms with Gasteiger partial charge in [0.25, 0.3) is 10.0 Å². The quantitative estimate of drug-likeness (QED) is 0.899. The number of hydrogen-bond donors (Lipinski definition) is 1. The molecule has 1 aromatic carbocycles. The van der Waals surface area contributed by atoms with Crippen LogP contribution in [0.4, 0.5) is 5.69 Å². The normalized spacial score (nSPS) is 14.9.